The number of aliphatic hydroxyl groups is 1. The van der Waals surface area contributed by atoms with Crippen LogP contribution in [0.1, 0.15) is 82.8 Å². The molecule has 2 aliphatic heterocycles. The molecule has 0 spiro atoms. The van der Waals surface area contributed by atoms with E-state index in [0.717, 1.165) is 92.4 Å². The second-order valence-corrected chi connectivity index (χ2v) is 16.4. The topological polar surface area (TPSA) is 162 Å². The lowest BCUT2D eigenvalue weighted by Crippen LogP contribution is -2.29. The van der Waals surface area contributed by atoms with Crippen LogP contribution in [0.15, 0.2) is 89.1 Å². The number of benzene rings is 4. The molecule has 14 heteroatoms. The average Bonchev–Trinajstić information content (AvgIpc) is 4.13. The Hall–Kier alpha value is -6.38. The van der Waals surface area contributed by atoms with Gasteiger partial charge in [0, 0.05) is 85.6 Å². The number of azo groups is 1. The number of aromatic nitrogens is 3. The number of anilines is 3. The van der Waals surface area contributed by atoms with Gasteiger partial charge in [0.25, 0.3) is 17.7 Å². The Balaban J connectivity index is 0.875. The maximum atomic E-state index is 14.1. The molecule has 60 heavy (non-hydrogen) atoms. The molecule has 0 saturated carbocycles. The number of rotatable bonds is 14. The van der Waals surface area contributed by atoms with Crippen molar-refractivity contribution in [3.8, 4) is 0 Å². The van der Waals surface area contributed by atoms with Crippen molar-refractivity contribution in [3.05, 3.63) is 107 Å². The SMILES string of the molecule is [2H]CCCCCCNC(=O)c1cc2c3c(ccc2[nH]1)N(C(=O)c1cc2c4c(ccc2[nH]1)N(C(=O)c1ccc2nc(N=Nc5ccc(N(C)CCCO)cc5)sc2c1)CC4)CC3. The number of carbonyl (C=O) groups is 3. The molecule has 0 bridgehead atoms. The van der Waals surface area contributed by atoms with Crippen LogP contribution in [0.2, 0.25) is 0 Å². The standard InChI is InChI=1S/C46H47N9O4S/c1-3-4-5-6-20-47-43(57)38-26-33-31-19-23-55(41(31)17-14-35(33)48-38)45(59)39-27-34-32-18-22-54(40(32)16-15-36(34)49-39)44(58)28-8-13-37-42(25-28)60-46(50-37)52-51-29-9-11-30(12-10-29)53(2)21-7-24-56/h8-17,25-27,48-49,56H,3-7,18-24H2,1-2H3,(H,47,57)/i1D. The van der Waals surface area contributed by atoms with E-state index in [4.69, 9.17) is 6.48 Å². The summed E-state index contributed by atoms with van der Waals surface area (Å²) in [6.07, 6.45) is 5.82. The Morgan fingerprint density at radius 1 is 0.833 bits per heavy atom. The van der Waals surface area contributed by atoms with Crippen LogP contribution in [0.5, 0.6) is 0 Å². The Bertz CT molecular complexity index is 2810. The molecule has 0 saturated heterocycles. The lowest BCUT2D eigenvalue weighted by molar-refractivity contribution is 0.0946. The van der Waals surface area contributed by atoms with Crippen molar-refractivity contribution < 1.29 is 20.9 Å². The van der Waals surface area contributed by atoms with E-state index in [0.29, 0.717) is 73.6 Å². The van der Waals surface area contributed by atoms with Crippen LogP contribution in [-0.4, -0.2) is 77.6 Å². The largest absolute Gasteiger partial charge is 0.396 e. The molecule has 9 rings (SSSR count). The monoisotopic (exact) mass is 822 g/mol. The summed E-state index contributed by atoms with van der Waals surface area (Å²) < 4.78 is 8.12. The van der Waals surface area contributed by atoms with Gasteiger partial charge in [-0.05, 0) is 116 Å². The summed E-state index contributed by atoms with van der Waals surface area (Å²) in [4.78, 5) is 58.0. The van der Waals surface area contributed by atoms with Crippen LogP contribution in [0.25, 0.3) is 32.0 Å². The van der Waals surface area contributed by atoms with Crippen molar-refractivity contribution in [1.29, 1.82) is 0 Å². The van der Waals surface area contributed by atoms with Crippen molar-refractivity contribution in [2.45, 2.75) is 51.8 Å². The van der Waals surface area contributed by atoms with Gasteiger partial charge in [-0.2, -0.15) is 0 Å². The third kappa shape index (κ3) is 7.52. The fraction of sp³-hybridized carbons (Fsp3) is 0.304. The second-order valence-electron chi connectivity index (χ2n) is 15.4. The number of amides is 3. The van der Waals surface area contributed by atoms with Crippen LogP contribution in [0, 0.1) is 0 Å². The summed E-state index contributed by atoms with van der Waals surface area (Å²) in [5.41, 5.74) is 9.49. The molecule has 3 aromatic heterocycles. The third-order valence-electron chi connectivity index (χ3n) is 11.5. The quantitative estimate of drug-likeness (QED) is 0.0632. The summed E-state index contributed by atoms with van der Waals surface area (Å²) in [5, 5.41) is 23.2. The van der Waals surface area contributed by atoms with Crippen molar-refractivity contribution >= 4 is 89.0 Å². The summed E-state index contributed by atoms with van der Waals surface area (Å²) in [6.45, 7) is 3.01. The van der Waals surface area contributed by atoms with Crippen LogP contribution in [0.4, 0.5) is 27.9 Å². The first-order chi connectivity index (χ1) is 29.8. The number of thiazole rings is 1. The summed E-state index contributed by atoms with van der Waals surface area (Å²) >= 11 is 1.38. The van der Waals surface area contributed by atoms with Crippen LogP contribution >= 0.6 is 11.3 Å². The molecule has 13 nitrogen and oxygen atoms in total. The fourth-order valence-electron chi connectivity index (χ4n) is 8.36. The summed E-state index contributed by atoms with van der Waals surface area (Å²) in [6, 6.07) is 24.8. The van der Waals surface area contributed by atoms with E-state index in [-0.39, 0.29) is 24.3 Å². The number of aliphatic hydroxyl groups excluding tert-OH is 1. The first kappa shape index (κ1) is 37.9. The molecule has 0 radical (unpaired) electrons. The number of carbonyl (C=O) groups excluding carboxylic acids is 3. The van der Waals surface area contributed by atoms with E-state index in [2.05, 4.69) is 35.4 Å². The lowest BCUT2D eigenvalue weighted by Gasteiger charge is -2.18. The summed E-state index contributed by atoms with van der Waals surface area (Å²) in [7, 11) is 1.99. The highest BCUT2D eigenvalue weighted by molar-refractivity contribution is 7.21. The molecule has 7 aromatic rings. The number of nitrogens with one attached hydrogen (secondary N) is 3. The van der Waals surface area contributed by atoms with Crippen LogP contribution in [-0.2, 0) is 12.8 Å². The molecule has 4 aromatic carbocycles. The molecule has 3 amide bonds. The van der Waals surface area contributed by atoms with E-state index in [1.807, 2.05) is 84.7 Å². The lowest BCUT2D eigenvalue weighted by atomic mass is 10.1. The zero-order valence-corrected chi connectivity index (χ0v) is 34.3. The van der Waals surface area contributed by atoms with Gasteiger partial charge in [-0.25, -0.2) is 4.98 Å². The first-order valence-corrected chi connectivity index (χ1v) is 21.4. The van der Waals surface area contributed by atoms with E-state index in [9.17, 15) is 14.4 Å². The molecule has 0 aliphatic carbocycles. The average molecular weight is 823 g/mol. The molecular weight excluding hydrogens is 775 g/mol. The minimum atomic E-state index is -0.143. The number of H-pyrrole nitrogens is 2. The van der Waals surface area contributed by atoms with E-state index >= 15 is 0 Å². The number of nitrogens with zero attached hydrogens (tertiary/aromatic N) is 6. The van der Waals surface area contributed by atoms with Crippen molar-refractivity contribution in [2.24, 2.45) is 10.2 Å². The Labute approximate surface area is 352 Å². The molecule has 0 unspecified atom stereocenters. The summed E-state index contributed by atoms with van der Waals surface area (Å²) in [5.74, 6) is -0.370. The molecular formula is C46H47N9O4S. The smallest absolute Gasteiger partial charge is 0.274 e. The van der Waals surface area contributed by atoms with Crippen LogP contribution < -0.4 is 20.0 Å². The van der Waals surface area contributed by atoms with Crippen molar-refractivity contribution in [3.63, 3.8) is 0 Å². The second kappa shape index (κ2) is 16.7. The zero-order chi connectivity index (χ0) is 42.0. The van der Waals surface area contributed by atoms with E-state index in [1.54, 1.807) is 11.0 Å². The number of hydrogen-bond donors (Lipinski definition) is 4. The third-order valence-corrected chi connectivity index (χ3v) is 12.4. The number of hydrogen-bond acceptors (Lipinski definition) is 9. The number of unbranched alkanes of at least 4 members (excludes halogenated alkanes) is 3. The molecule has 0 fully saturated rings. The normalized spacial score (nSPS) is 13.8. The van der Waals surface area contributed by atoms with E-state index < -0.39 is 0 Å². The predicted octanol–water partition coefficient (Wildman–Crippen LogP) is 9.21. The maximum absolute atomic E-state index is 14.1. The minimum Gasteiger partial charge on any atom is -0.396 e. The van der Waals surface area contributed by atoms with Crippen LogP contribution in [0.3, 0.4) is 0 Å². The molecule has 0 atom stereocenters. The first-order valence-electron chi connectivity index (χ1n) is 21.2. The van der Waals surface area contributed by atoms with Gasteiger partial charge in [-0.3, -0.25) is 14.4 Å². The molecule has 2 aliphatic rings. The van der Waals surface area contributed by atoms with Gasteiger partial charge >= 0.3 is 0 Å². The zero-order valence-electron chi connectivity index (χ0n) is 34.5. The predicted molar refractivity (Wildman–Crippen MR) is 239 cm³/mol. The number of fused-ring (bicyclic) bond motifs is 7. The Morgan fingerprint density at radius 2 is 1.53 bits per heavy atom. The highest BCUT2D eigenvalue weighted by Gasteiger charge is 2.31. The molecule has 5 heterocycles. The van der Waals surface area contributed by atoms with Gasteiger partial charge in [-0.1, -0.05) is 37.5 Å². The van der Waals surface area contributed by atoms with Gasteiger partial charge in [-0.15, -0.1) is 10.2 Å². The van der Waals surface area contributed by atoms with Gasteiger partial charge < -0.3 is 35.1 Å². The van der Waals surface area contributed by atoms with Crippen molar-refractivity contribution in [1.82, 2.24) is 20.3 Å². The molecule has 306 valence electrons. The van der Waals surface area contributed by atoms with Crippen molar-refractivity contribution in [2.75, 3.05) is 54.5 Å². The van der Waals surface area contributed by atoms with E-state index in [1.165, 1.54) is 11.3 Å². The highest BCUT2D eigenvalue weighted by Crippen LogP contribution is 2.39. The highest BCUT2D eigenvalue weighted by atomic mass is 32.1. The maximum Gasteiger partial charge on any atom is 0.274 e. The molecule has 4 N–H and O–H groups in total. The number of aromatic amines is 2. The fourth-order valence-corrected chi connectivity index (χ4v) is 9.19. The van der Waals surface area contributed by atoms with Gasteiger partial charge in [0.1, 0.15) is 11.4 Å². The van der Waals surface area contributed by atoms with Gasteiger partial charge in [0.05, 0.1) is 15.9 Å². The Morgan fingerprint density at radius 3 is 2.25 bits per heavy atom. The van der Waals surface area contributed by atoms with Gasteiger partial charge in [0.2, 0.25) is 5.13 Å². The Kier molecular flexibility index (Phi) is 10.5. The van der Waals surface area contributed by atoms with Gasteiger partial charge in [0.15, 0.2) is 0 Å². The minimum absolute atomic E-state index is 0.103.